The maximum atomic E-state index is 11.7. The Morgan fingerprint density at radius 1 is 1.23 bits per heavy atom. The maximum absolute atomic E-state index is 11.7. The summed E-state index contributed by atoms with van der Waals surface area (Å²) in [5.74, 6) is 0.553. The summed E-state index contributed by atoms with van der Waals surface area (Å²) < 4.78 is 23.5. The van der Waals surface area contributed by atoms with E-state index in [1.165, 1.54) is 0 Å². The average molecular weight is 193 g/mol. The Bertz CT molecular complexity index is 129. The molecule has 0 saturated carbocycles. The zero-order valence-corrected chi connectivity index (χ0v) is 9.03. The summed E-state index contributed by atoms with van der Waals surface area (Å²) in [5.41, 5.74) is 0.270. The van der Waals surface area contributed by atoms with E-state index in [-0.39, 0.29) is 12.0 Å². The van der Waals surface area contributed by atoms with Crippen molar-refractivity contribution in [2.24, 2.45) is 11.3 Å². The van der Waals surface area contributed by atoms with Crippen molar-refractivity contribution in [2.75, 3.05) is 13.1 Å². The van der Waals surface area contributed by atoms with Gasteiger partial charge in [-0.05, 0) is 24.3 Å². The van der Waals surface area contributed by atoms with Crippen LogP contribution in [0.2, 0.25) is 0 Å². The molecule has 1 unspecified atom stereocenters. The lowest BCUT2D eigenvalue weighted by atomic mass is 9.80. The van der Waals surface area contributed by atoms with Gasteiger partial charge >= 0.3 is 0 Å². The summed E-state index contributed by atoms with van der Waals surface area (Å²) >= 11 is 0. The number of alkyl halides is 2. The highest BCUT2D eigenvalue weighted by atomic mass is 19.3. The van der Waals surface area contributed by atoms with E-state index in [0.29, 0.717) is 12.5 Å². The summed E-state index contributed by atoms with van der Waals surface area (Å²) in [7, 11) is 0. The number of hydrogen-bond donors (Lipinski definition) is 1. The number of hydrogen-bond acceptors (Lipinski definition) is 1. The van der Waals surface area contributed by atoms with Gasteiger partial charge in [-0.3, -0.25) is 0 Å². The predicted molar refractivity (Wildman–Crippen MR) is 52.1 cm³/mol. The van der Waals surface area contributed by atoms with E-state index in [0.717, 1.165) is 6.42 Å². The molecule has 0 radical (unpaired) electrons. The molecular formula is C10H21F2N. The molecular weight excluding hydrogens is 172 g/mol. The SMILES string of the molecule is CC(CCNCC(F)F)C(C)(C)C. The minimum absolute atomic E-state index is 0.184. The number of halogens is 2. The van der Waals surface area contributed by atoms with Crippen LogP contribution in [-0.2, 0) is 0 Å². The highest BCUT2D eigenvalue weighted by Gasteiger charge is 2.19. The molecule has 3 heteroatoms. The minimum atomic E-state index is -2.23. The topological polar surface area (TPSA) is 12.0 Å². The van der Waals surface area contributed by atoms with Gasteiger partial charge in [0.1, 0.15) is 0 Å². The van der Waals surface area contributed by atoms with Crippen molar-refractivity contribution in [1.29, 1.82) is 0 Å². The van der Waals surface area contributed by atoms with Crippen molar-refractivity contribution in [3.63, 3.8) is 0 Å². The van der Waals surface area contributed by atoms with Crippen molar-refractivity contribution in [3.05, 3.63) is 0 Å². The Hall–Kier alpha value is -0.180. The molecule has 1 nitrogen and oxygen atoms in total. The Morgan fingerprint density at radius 3 is 2.15 bits per heavy atom. The number of rotatable bonds is 5. The third kappa shape index (κ3) is 6.94. The molecule has 0 spiro atoms. The van der Waals surface area contributed by atoms with Crippen LogP contribution in [0.15, 0.2) is 0 Å². The van der Waals surface area contributed by atoms with Crippen molar-refractivity contribution < 1.29 is 8.78 Å². The molecule has 0 aliphatic carbocycles. The van der Waals surface area contributed by atoms with E-state index in [2.05, 4.69) is 33.0 Å². The van der Waals surface area contributed by atoms with Gasteiger partial charge in [0, 0.05) is 0 Å². The first-order valence-corrected chi connectivity index (χ1v) is 4.83. The quantitative estimate of drug-likeness (QED) is 0.662. The lowest BCUT2D eigenvalue weighted by Gasteiger charge is -2.27. The van der Waals surface area contributed by atoms with E-state index in [1.807, 2.05) is 0 Å². The Morgan fingerprint density at radius 2 is 1.77 bits per heavy atom. The van der Waals surface area contributed by atoms with Gasteiger partial charge in [0.25, 0.3) is 6.43 Å². The van der Waals surface area contributed by atoms with Crippen molar-refractivity contribution >= 4 is 0 Å². The van der Waals surface area contributed by atoms with Gasteiger partial charge in [-0.1, -0.05) is 27.7 Å². The van der Waals surface area contributed by atoms with Crippen LogP contribution in [0.5, 0.6) is 0 Å². The van der Waals surface area contributed by atoms with Crippen LogP contribution in [0.4, 0.5) is 8.78 Å². The summed E-state index contributed by atoms with van der Waals surface area (Å²) in [6.45, 7) is 9.17. The molecule has 80 valence electrons. The summed E-state index contributed by atoms with van der Waals surface area (Å²) in [5, 5.41) is 2.74. The van der Waals surface area contributed by atoms with Crippen LogP contribution in [0, 0.1) is 11.3 Å². The summed E-state index contributed by atoms with van der Waals surface area (Å²) in [4.78, 5) is 0. The maximum Gasteiger partial charge on any atom is 0.250 e. The fraction of sp³-hybridized carbons (Fsp3) is 1.00. The Labute approximate surface area is 79.9 Å². The largest absolute Gasteiger partial charge is 0.311 e. The molecule has 0 aliphatic rings. The lowest BCUT2D eigenvalue weighted by Crippen LogP contribution is -2.26. The van der Waals surface area contributed by atoms with E-state index >= 15 is 0 Å². The molecule has 0 saturated heterocycles. The second-order valence-electron chi connectivity index (χ2n) is 4.65. The van der Waals surface area contributed by atoms with Gasteiger partial charge < -0.3 is 5.32 Å². The standard InChI is InChI=1S/C10H21F2N/c1-8(10(2,3)4)5-6-13-7-9(11)12/h8-9,13H,5-7H2,1-4H3. The van der Waals surface area contributed by atoms with Crippen molar-refractivity contribution in [3.8, 4) is 0 Å². The first-order valence-electron chi connectivity index (χ1n) is 4.83. The molecule has 1 atom stereocenters. The molecule has 0 bridgehead atoms. The first-order chi connectivity index (χ1) is 5.84. The molecule has 0 amide bonds. The van der Waals surface area contributed by atoms with Crippen LogP contribution in [0.1, 0.15) is 34.1 Å². The van der Waals surface area contributed by atoms with Gasteiger partial charge in [0.2, 0.25) is 0 Å². The highest BCUT2D eigenvalue weighted by molar-refractivity contribution is 4.70. The van der Waals surface area contributed by atoms with E-state index in [4.69, 9.17) is 0 Å². The molecule has 0 rings (SSSR count). The van der Waals surface area contributed by atoms with Crippen LogP contribution in [0.3, 0.4) is 0 Å². The molecule has 0 aromatic rings. The molecule has 0 fully saturated rings. The smallest absolute Gasteiger partial charge is 0.250 e. The van der Waals surface area contributed by atoms with Gasteiger partial charge in [-0.25, -0.2) is 8.78 Å². The molecule has 13 heavy (non-hydrogen) atoms. The summed E-state index contributed by atoms with van der Waals surface area (Å²) in [6, 6.07) is 0. The first kappa shape index (κ1) is 12.8. The normalized spacial score (nSPS) is 15.0. The van der Waals surface area contributed by atoms with Gasteiger partial charge in [0.05, 0.1) is 6.54 Å². The van der Waals surface area contributed by atoms with Crippen LogP contribution < -0.4 is 5.32 Å². The van der Waals surface area contributed by atoms with Crippen LogP contribution in [-0.4, -0.2) is 19.5 Å². The van der Waals surface area contributed by atoms with Gasteiger partial charge in [0.15, 0.2) is 0 Å². The average Bonchev–Trinajstić information content (AvgIpc) is 1.95. The monoisotopic (exact) mass is 193 g/mol. The molecule has 1 N–H and O–H groups in total. The predicted octanol–water partition coefficient (Wildman–Crippen LogP) is 2.91. The van der Waals surface area contributed by atoms with Crippen LogP contribution in [0.25, 0.3) is 0 Å². The zero-order valence-electron chi connectivity index (χ0n) is 9.03. The highest BCUT2D eigenvalue weighted by Crippen LogP contribution is 2.27. The van der Waals surface area contributed by atoms with Gasteiger partial charge in [-0.2, -0.15) is 0 Å². The second-order valence-corrected chi connectivity index (χ2v) is 4.65. The van der Waals surface area contributed by atoms with Gasteiger partial charge in [-0.15, -0.1) is 0 Å². The van der Waals surface area contributed by atoms with Crippen molar-refractivity contribution in [2.45, 2.75) is 40.5 Å². The van der Waals surface area contributed by atoms with E-state index < -0.39 is 6.43 Å². The van der Waals surface area contributed by atoms with E-state index in [9.17, 15) is 8.78 Å². The second kappa shape index (κ2) is 5.53. The Kier molecular flexibility index (Phi) is 5.45. The van der Waals surface area contributed by atoms with Crippen molar-refractivity contribution in [1.82, 2.24) is 5.32 Å². The third-order valence-electron chi connectivity index (χ3n) is 2.53. The number of nitrogens with one attached hydrogen (secondary N) is 1. The Balaban J connectivity index is 3.43. The third-order valence-corrected chi connectivity index (χ3v) is 2.53. The fourth-order valence-corrected chi connectivity index (χ4v) is 0.963. The minimum Gasteiger partial charge on any atom is -0.311 e. The molecule has 0 aromatic carbocycles. The fourth-order valence-electron chi connectivity index (χ4n) is 0.963. The van der Waals surface area contributed by atoms with Crippen LogP contribution >= 0.6 is 0 Å². The molecule has 0 aliphatic heterocycles. The summed E-state index contributed by atoms with van der Waals surface area (Å²) in [6.07, 6.45) is -1.28. The molecule has 0 heterocycles. The zero-order chi connectivity index (χ0) is 10.5. The van der Waals surface area contributed by atoms with E-state index in [1.54, 1.807) is 0 Å². The molecule has 0 aromatic heterocycles. The lowest BCUT2D eigenvalue weighted by molar-refractivity contribution is 0.144.